The Bertz CT molecular complexity index is 1280. The number of rotatable bonds is 14. The van der Waals surface area contributed by atoms with Crippen molar-refractivity contribution in [1.29, 1.82) is 0 Å². The molecule has 4 heteroatoms. The molecular formula is C36H48O4. The Morgan fingerprint density at radius 3 is 1.95 bits per heavy atom. The monoisotopic (exact) mass is 544 g/mol. The van der Waals surface area contributed by atoms with Crippen molar-refractivity contribution in [2.75, 3.05) is 20.8 Å². The van der Waals surface area contributed by atoms with Crippen LogP contribution in [-0.4, -0.2) is 31.5 Å². The molecule has 0 aliphatic rings. The third-order valence-corrected chi connectivity index (χ3v) is 8.75. The van der Waals surface area contributed by atoms with Crippen molar-refractivity contribution in [3.8, 4) is 16.9 Å². The number of ether oxygens (including phenoxy) is 1. The normalized spacial score (nSPS) is 12.3. The largest absolute Gasteiger partial charge is 0.496 e. The summed E-state index contributed by atoms with van der Waals surface area (Å²) in [4.78, 5) is 9.85. The molecule has 0 fully saturated rings. The fraction of sp³-hybridized carbons (Fsp3) is 0.444. The molecule has 0 atom stereocenters. The van der Waals surface area contributed by atoms with E-state index in [2.05, 4.69) is 82.3 Å². The molecule has 216 valence electrons. The molecule has 0 saturated heterocycles. The van der Waals surface area contributed by atoms with E-state index in [0.717, 1.165) is 36.1 Å². The lowest BCUT2D eigenvalue weighted by Crippen LogP contribution is -2.26. The van der Waals surface area contributed by atoms with Crippen molar-refractivity contribution in [3.63, 3.8) is 0 Å². The molecule has 0 aliphatic heterocycles. The fourth-order valence-electron chi connectivity index (χ4n) is 5.75. The van der Waals surface area contributed by atoms with E-state index in [1.54, 1.807) is 7.11 Å². The molecule has 40 heavy (non-hydrogen) atoms. The van der Waals surface area contributed by atoms with Gasteiger partial charge < -0.3 is 9.84 Å². The van der Waals surface area contributed by atoms with Gasteiger partial charge in [-0.1, -0.05) is 82.3 Å². The average Bonchev–Trinajstić information content (AvgIpc) is 2.97. The highest BCUT2D eigenvalue weighted by Crippen LogP contribution is 2.42. The van der Waals surface area contributed by atoms with Gasteiger partial charge in [-0.15, -0.1) is 0 Å². The maximum absolute atomic E-state index is 10.7. The molecule has 3 aromatic carbocycles. The van der Waals surface area contributed by atoms with Gasteiger partial charge in [0.15, 0.2) is 0 Å². The Morgan fingerprint density at radius 1 is 0.750 bits per heavy atom. The van der Waals surface area contributed by atoms with Crippen LogP contribution in [0.15, 0.2) is 60.7 Å². The van der Waals surface area contributed by atoms with Gasteiger partial charge in [-0.2, -0.15) is 0 Å². The van der Waals surface area contributed by atoms with Crippen molar-refractivity contribution >= 4 is 6.08 Å². The number of hydrogen-bond donors (Lipinski definition) is 1. The first kappa shape index (κ1) is 31.6. The quantitative estimate of drug-likeness (QED) is 0.125. The van der Waals surface area contributed by atoms with Crippen molar-refractivity contribution < 1.29 is 19.6 Å². The van der Waals surface area contributed by atoms with Gasteiger partial charge in [0.25, 0.3) is 0 Å². The van der Waals surface area contributed by atoms with Crippen LogP contribution >= 0.6 is 0 Å². The molecule has 0 spiro atoms. The number of benzene rings is 3. The zero-order chi connectivity index (χ0) is 29.3. The van der Waals surface area contributed by atoms with E-state index < -0.39 is 5.60 Å². The zero-order valence-electron chi connectivity index (χ0n) is 25.8. The smallest absolute Gasteiger partial charge is 0.126 e. The highest BCUT2D eigenvalue weighted by molar-refractivity contribution is 5.74. The molecular weight excluding hydrogens is 496 g/mol. The summed E-state index contributed by atoms with van der Waals surface area (Å²) in [6.07, 6.45) is 8.21. The summed E-state index contributed by atoms with van der Waals surface area (Å²) in [6, 6.07) is 20.0. The van der Waals surface area contributed by atoms with Gasteiger partial charge >= 0.3 is 0 Å². The molecule has 1 N–H and O–H groups in total. The summed E-state index contributed by atoms with van der Waals surface area (Å²) in [7, 11) is 3.26. The van der Waals surface area contributed by atoms with E-state index in [1.165, 1.54) is 40.5 Å². The molecule has 0 unspecified atom stereocenters. The first-order valence-electron chi connectivity index (χ1n) is 14.7. The molecule has 0 amide bonds. The van der Waals surface area contributed by atoms with Crippen LogP contribution in [0.1, 0.15) is 86.8 Å². The molecule has 0 bridgehead atoms. The first-order chi connectivity index (χ1) is 19.2. The molecule has 0 aliphatic carbocycles. The van der Waals surface area contributed by atoms with Gasteiger partial charge in [0, 0.05) is 11.0 Å². The Labute approximate surface area is 241 Å². The molecule has 4 nitrogen and oxygen atoms in total. The second kappa shape index (κ2) is 14.1. The standard InChI is InChI=1S/C36H48O4/c1-9-35(37,10-2)21-19-29-14-15-30(23-26(29)5)36(11-3,12-4)31-16-17-32(27(6)24-31)33-25-28(20-22-40-39-8)13-18-34(33)38-7/h13-19,21,23-25,37H,9-12,20,22H2,1-8H3/b21-19+. The van der Waals surface area contributed by atoms with Crippen molar-refractivity contribution in [3.05, 3.63) is 94.1 Å². The van der Waals surface area contributed by atoms with Crippen LogP contribution < -0.4 is 4.74 Å². The van der Waals surface area contributed by atoms with E-state index in [-0.39, 0.29) is 5.41 Å². The predicted molar refractivity (Wildman–Crippen MR) is 167 cm³/mol. The lowest BCUT2D eigenvalue weighted by Gasteiger charge is -2.34. The zero-order valence-corrected chi connectivity index (χ0v) is 25.8. The third-order valence-electron chi connectivity index (χ3n) is 8.75. The van der Waals surface area contributed by atoms with Gasteiger partial charge in [0.2, 0.25) is 0 Å². The van der Waals surface area contributed by atoms with E-state index in [4.69, 9.17) is 14.5 Å². The minimum atomic E-state index is -0.749. The Morgan fingerprint density at radius 2 is 1.40 bits per heavy atom. The van der Waals surface area contributed by atoms with E-state index in [0.29, 0.717) is 19.4 Å². The summed E-state index contributed by atoms with van der Waals surface area (Å²) in [5.74, 6) is 0.863. The molecule has 3 rings (SSSR count). The van der Waals surface area contributed by atoms with Gasteiger partial charge in [-0.25, -0.2) is 9.78 Å². The van der Waals surface area contributed by atoms with Gasteiger partial charge in [0.05, 0.1) is 26.4 Å². The topological polar surface area (TPSA) is 47.9 Å². The molecule has 0 heterocycles. The van der Waals surface area contributed by atoms with Crippen LogP contribution in [0.25, 0.3) is 17.2 Å². The second-order valence-electron chi connectivity index (χ2n) is 10.8. The summed E-state index contributed by atoms with van der Waals surface area (Å²) in [6.45, 7) is 13.5. The van der Waals surface area contributed by atoms with Crippen LogP contribution in [0.2, 0.25) is 0 Å². The highest BCUT2D eigenvalue weighted by atomic mass is 17.2. The third kappa shape index (κ3) is 6.86. The molecule has 0 aromatic heterocycles. The lowest BCUT2D eigenvalue weighted by molar-refractivity contribution is -0.271. The minimum absolute atomic E-state index is 0.0900. The SMILES string of the molecule is CCC(O)(/C=C/c1ccc(C(CC)(CC)c2ccc(-c3cc(CCOOC)ccc3OC)c(C)c2)cc1C)CC. The van der Waals surface area contributed by atoms with Gasteiger partial charge in [0.1, 0.15) is 5.75 Å². The van der Waals surface area contributed by atoms with Gasteiger partial charge in [-0.05, 0) is 97.0 Å². The second-order valence-corrected chi connectivity index (χ2v) is 10.8. The Hall–Kier alpha value is -2.92. The van der Waals surface area contributed by atoms with Crippen LogP contribution in [0.4, 0.5) is 0 Å². The van der Waals surface area contributed by atoms with Gasteiger partial charge in [-0.3, -0.25) is 0 Å². The van der Waals surface area contributed by atoms with Crippen molar-refractivity contribution in [2.45, 2.75) is 84.7 Å². The predicted octanol–water partition coefficient (Wildman–Crippen LogP) is 8.77. The Balaban J connectivity index is 2.01. The number of aryl methyl sites for hydroxylation is 2. The number of methoxy groups -OCH3 is 1. The van der Waals surface area contributed by atoms with E-state index in [9.17, 15) is 5.11 Å². The Kier molecular flexibility index (Phi) is 11.2. The van der Waals surface area contributed by atoms with Crippen molar-refractivity contribution in [1.82, 2.24) is 0 Å². The molecule has 0 radical (unpaired) electrons. The van der Waals surface area contributed by atoms with Crippen LogP contribution in [0, 0.1) is 13.8 Å². The van der Waals surface area contributed by atoms with Crippen LogP contribution in [0.5, 0.6) is 5.75 Å². The lowest BCUT2D eigenvalue weighted by atomic mass is 9.69. The molecule has 3 aromatic rings. The van der Waals surface area contributed by atoms with E-state index >= 15 is 0 Å². The fourth-order valence-corrected chi connectivity index (χ4v) is 5.75. The summed E-state index contributed by atoms with van der Waals surface area (Å²) < 4.78 is 5.75. The van der Waals surface area contributed by atoms with E-state index in [1.807, 2.05) is 26.0 Å². The summed E-state index contributed by atoms with van der Waals surface area (Å²) in [5, 5.41) is 10.7. The first-order valence-corrected chi connectivity index (χ1v) is 14.7. The number of aliphatic hydroxyl groups is 1. The summed E-state index contributed by atoms with van der Waals surface area (Å²) >= 11 is 0. The molecule has 0 saturated carbocycles. The average molecular weight is 545 g/mol. The van der Waals surface area contributed by atoms with Crippen molar-refractivity contribution in [2.24, 2.45) is 0 Å². The number of hydrogen-bond acceptors (Lipinski definition) is 4. The minimum Gasteiger partial charge on any atom is -0.496 e. The maximum Gasteiger partial charge on any atom is 0.126 e. The highest BCUT2D eigenvalue weighted by Gasteiger charge is 2.31. The maximum atomic E-state index is 10.7. The van der Waals surface area contributed by atoms with Crippen LogP contribution in [0.3, 0.4) is 0 Å². The van der Waals surface area contributed by atoms with Crippen LogP contribution in [-0.2, 0) is 21.6 Å². The summed E-state index contributed by atoms with van der Waals surface area (Å²) in [5.41, 5.74) is 8.86.